The summed E-state index contributed by atoms with van der Waals surface area (Å²) in [5.41, 5.74) is 0.995. The van der Waals surface area contributed by atoms with Crippen molar-refractivity contribution in [1.82, 2.24) is 0 Å². The summed E-state index contributed by atoms with van der Waals surface area (Å²) in [6.07, 6.45) is 1.17. The van der Waals surface area contributed by atoms with E-state index in [9.17, 15) is 0 Å². The van der Waals surface area contributed by atoms with Gasteiger partial charge in [0.2, 0.25) is 0 Å². The predicted octanol–water partition coefficient (Wildman–Crippen LogP) is 3.31. The molecule has 1 N–H and O–H groups in total. The zero-order valence-electron chi connectivity index (χ0n) is 7.43. The Morgan fingerprint density at radius 3 is 2.69 bits per heavy atom. The SMILES string of the molecule is C[C@@H](O)CCc1cccc(Cl)c1Cl. The first-order valence-corrected chi connectivity index (χ1v) is 4.98. The van der Waals surface area contributed by atoms with Gasteiger partial charge in [0.1, 0.15) is 0 Å². The van der Waals surface area contributed by atoms with Crippen molar-refractivity contribution in [2.45, 2.75) is 25.9 Å². The molecule has 0 aliphatic heterocycles. The molecule has 0 aliphatic carbocycles. The average Bonchev–Trinajstić information content (AvgIpc) is 2.07. The zero-order chi connectivity index (χ0) is 9.84. The quantitative estimate of drug-likeness (QED) is 0.826. The van der Waals surface area contributed by atoms with Crippen LogP contribution in [0.25, 0.3) is 0 Å². The topological polar surface area (TPSA) is 20.2 Å². The number of hydrogen-bond acceptors (Lipinski definition) is 1. The molecule has 72 valence electrons. The Balaban J connectivity index is 2.71. The number of aliphatic hydroxyl groups excluding tert-OH is 1. The molecule has 0 bridgehead atoms. The minimum Gasteiger partial charge on any atom is -0.393 e. The molecule has 0 saturated carbocycles. The standard InChI is InChI=1S/C10H12Cl2O/c1-7(13)5-6-8-3-2-4-9(11)10(8)12/h2-4,7,13H,5-6H2,1H3/t7-/m1/s1. The number of halogens is 2. The average molecular weight is 219 g/mol. The molecule has 0 amide bonds. The molecule has 0 aromatic heterocycles. The summed E-state index contributed by atoms with van der Waals surface area (Å²) in [4.78, 5) is 0. The van der Waals surface area contributed by atoms with Crippen LogP contribution in [0.1, 0.15) is 18.9 Å². The van der Waals surface area contributed by atoms with Crippen LogP contribution in [0, 0.1) is 0 Å². The summed E-state index contributed by atoms with van der Waals surface area (Å²) in [6, 6.07) is 5.55. The highest BCUT2D eigenvalue weighted by atomic mass is 35.5. The van der Waals surface area contributed by atoms with Gasteiger partial charge in [-0.25, -0.2) is 0 Å². The van der Waals surface area contributed by atoms with Crippen LogP contribution in [0.4, 0.5) is 0 Å². The first kappa shape index (κ1) is 10.8. The third kappa shape index (κ3) is 3.18. The summed E-state index contributed by atoms with van der Waals surface area (Å²) in [5, 5.41) is 10.3. The van der Waals surface area contributed by atoms with E-state index in [1.807, 2.05) is 12.1 Å². The Morgan fingerprint density at radius 1 is 1.38 bits per heavy atom. The van der Waals surface area contributed by atoms with E-state index in [0.717, 1.165) is 12.0 Å². The lowest BCUT2D eigenvalue weighted by atomic mass is 10.1. The normalized spacial score (nSPS) is 12.9. The Morgan fingerprint density at radius 2 is 2.08 bits per heavy atom. The summed E-state index contributed by atoms with van der Waals surface area (Å²) < 4.78 is 0. The van der Waals surface area contributed by atoms with E-state index in [4.69, 9.17) is 28.3 Å². The molecule has 0 radical (unpaired) electrons. The first-order chi connectivity index (χ1) is 6.11. The lowest BCUT2D eigenvalue weighted by Gasteiger charge is -2.06. The molecule has 13 heavy (non-hydrogen) atoms. The fourth-order valence-electron chi connectivity index (χ4n) is 1.11. The van der Waals surface area contributed by atoms with Crippen LogP contribution in [-0.2, 0) is 6.42 Å². The van der Waals surface area contributed by atoms with Crippen LogP contribution in [0.5, 0.6) is 0 Å². The maximum absolute atomic E-state index is 9.10. The summed E-state index contributed by atoms with van der Waals surface area (Å²) in [6.45, 7) is 1.76. The molecule has 1 aromatic carbocycles. The molecule has 1 atom stereocenters. The summed E-state index contributed by atoms with van der Waals surface area (Å²) >= 11 is 11.8. The first-order valence-electron chi connectivity index (χ1n) is 4.22. The zero-order valence-corrected chi connectivity index (χ0v) is 8.94. The molecule has 0 fully saturated rings. The summed E-state index contributed by atoms with van der Waals surface area (Å²) in [7, 11) is 0. The Labute approximate surface area is 88.3 Å². The van der Waals surface area contributed by atoms with Gasteiger partial charge in [-0.15, -0.1) is 0 Å². The van der Waals surface area contributed by atoms with Crippen molar-refractivity contribution in [3.05, 3.63) is 33.8 Å². The molecule has 0 heterocycles. The third-order valence-corrected chi connectivity index (χ3v) is 2.72. The smallest absolute Gasteiger partial charge is 0.0624 e. The second kappa shape index (κ2) is 4.85. The van der Waals surface area contributed by atoms with Crippen molar-refractivity contribution >= 4 is 23.2 Å². The fourth-order valence-corrected chi connectivity index (χ4v) is 1.52. The molecule has 0 saturated heterocycles. The number of hydrogen-bond donors (Lipinski definition) is 1. The number of aryl methyl sites for hydroxylation is 1. The third-order valence-electron chi connectivity index (χ3n) is 1.86. The summed E-state index contributed by atoms with van der Waals surface area (Å²) in [5.74, 6) is 0. The Bertz CT molecular complexity index is 284. The van der Waals surface area contributed by atoms with Crippen molar-refractivity contribution in [2.75, 3.05) is 0 Å². The lowest BCUT2D eigenvalue weighted by molar-refractivity contribution is 0.185. The van der Waals surface area contributed by atoms with Crippen molar-refractivity contribution in [1.29, 1.82) is 0 Å². The van der Waals surface area contributed by atoms with Crippen molar-refractivity contribution in [2.24, 2.45) is 0 Å². The van der Waals surface area contributed by atoms with Crippen LogP contribution in [-0.4, -0.2) is 11.2 Å². The second-order valence-electron chi connectivity index (χ2n) is 3.10. The van der Waals surface area contributed by atoms with Gasteiger partial charge in [-0.05, 0) is 31.4 Å². The highest BCUT2D eigenvalue weighted by molar-refractivity contribution is 6.42. The maximum atomic E-state index is 9.10. The molecule has 3 heteroatoms. The molecule has 1 aromatic rings. The van der Waals surface area contributed by atoms with Gasteiger partial charge in [-0.2, -0.15) is 0 Å². The Hall–Kier alpha value is -0.240. The van der Waals surface area contributed by atoms with E-state index < -0.39 is 0 Å². The van der Waals surface area contributed by atoms with Crippen LogP contribution < -0.4 is 0 Å². The number of aliphatic hydroxyl groups is 1. The van der Waals surface area contributed by atoms with Gasteiger partial charge in [-0.3, -0.25) is 0 Å². The van der Waals surface area contributed by atoms with Crippen molar-refractivity contribution in [3.63, 3.8) is 0 Å². The molecule has 0 unspecified atom stereocenters. The minimum absolute atomic E-state index is 0.296. The van der Waals surface area contributed by atoms with Crippen LogP contribution in [0.15, 0.2) is 18.2 Å². The van der Waals surface area contributed by atoms with E-state index in [2.05, 4.69) is 0 Å². The Kier molecular flexibility index (Phi) is 4.04. The molecule has 1 nitrogen and oxygen atoms in total. The van der Waals surface area contributed by atoms with Gasteiger partial charge < -0.3 is 5.11 Å². The number of rotatable bonds is 3. The van der Waals surface area contributed by atoms with E-state index in [-0.39, 0.29) is 6.10 Å². The fraction of sp³-hybridized carbons (Fsp3) is 0.400. The van der Waals surface area contributed by atoms with Gasteiger partial charge in [0.25, 0.3) is 0 Å². The van der Waals surface area contributed by atoms with Crippen LogP contribution in [0.3, 0.4) is 0 Å². The van der Waals surface area contributed by atoms with Crippen molar-refractivity contribution in [3.8, 4) is 0 Å². The van der Waals surface area contributed by atoms with Crippen LogP contribution >= 0.6 is 23.2 Å². The molecular formula is C10H12Cl2O. The van der Waals surface area contributed by atoms with Gasteiger partial charge in [0.05, 0.1) is 16.1 Å². The van der Waals surface area contributed by atoms with E-state index in [0.29, 0.717) is 16.5 Å². The van der Waals surface area contributed by atoms with Gasteiger partial charge in [0, 0.05) is 0 Å². The monoisotopic (exact) mass is 218 g/mol. The predicted molar refractivity (Wildman–Crippen MR) is 56.5 cm³/mol. The molecule has 1 rings (SSSR count). The van der Waals surface area contributed by atoms with E-state index >= 15 is 0 Å². The molecule has 0 aliphatic rings. The van der Waals surface area contributed by atoms with Gasteiger partial charge in [-0.1, -0.05) is 35.3 Å². The van der Waals surface area contributed by atoms with Gasteiger partial charge in [0.15, 0.2) is 0 Å². The van der Waals surface area contributed by atoms with Crippen molar-refractivity contribution < 1.29 is 5.11 Å². The molecular weight excluding hydrogens is 207 g/mol. The number of benzene rings is 1. The van der Waals surface area contributed by atoms with Gasteiger partial charge >= 0.3 is 0 Å². The molecule has 0 spiro atoms. The highest BCUT2D eigenvalue weighted by Gasteiger charge is 2.05. The van der Waals surface area contributed by atoms with E-state index in [1.54, 1.807) is 13.0 Å². The largest absolute Gasteiger partial charge is 0.393 e. The van der Waals surface area contributed by atoms with E-state index in [1.165, 1.54) is 0 Å². The lowest BCUT2D eigenvalue weighted by Crippen LogP contribution is -2.01. The second-order valence-corrected chi connectivity index (χ2v) is 3.89. The highest BCUT2D eigenvalue weighted by Crippen LogP contribution is 2.26. The maximum Gasteiger partial charge on any atom is 0.0624 e. The minimum atomic E-state index is -0.296. The van der Waals surface area contributed by atoms with Crippen LogP contribution in [0.2, 0.25) is 10.0 Å².